The summed E-state index contributed by atoms with van der Waals surface area (Å²) in [5, 5.41) is 0.0265. The molecule has 0 aromatic heterocycles. The van der Waals surface area contributed by atoms with Crippen molar-refractivity contribution in [3.05, 3.63) is 34.6 Å². The first-order valence-corrected chi connectivity index (χ1v) is 6.90. The lowest BCUT2D eigenvalue weighted by molar-refractivity contribution is 0.0493. The van der Waals surface area contributed by atoms with Crippen molar-refractivity contribution in [2.24, 2.45) is 5.73 Å². The zero-order valence-corrected chi connectivity index (χ0v) is 11.7. The van der Waals surface area contributed by atoms with Gasteiger partial charge in [0, 0.05) is 24.2 Å². The van der Waals surface area contributed by atoms with E-state index >= 15 is 0 Å². The third-order valence-corrected chi connectivity index (χ3v) is 4.01. The summed E-state index contributed by atoms with van der Waals surface area (Å²) in [6.45, 7) is 2.44. The van der Waals surface area contributed by atoms with Crippen LogP contribution in [-0.2, 0) is 0 Å². The van der Waals surface area contributed by atoms with E-state index in [-0.39, 0.29) is 23.0 Å². The molecule has 19 heavy (non-hydrogen) atoms. The standard InChI is InChI=1S/C14H18ClFN2O/c1-9-3-2-4-11(8-17)18(9)14(19)10-5-6-12(15)13(16)7-10/h5-7,9,11H,2-4,8,17H2,1H3. The first-order valence-electron chi connectivity index (χ1n) is 6.52. The van der Waals surface area contributed by atoms with Crippen LogP contribution in [0.1, 0.15) is 36.5 Å². The number of benzene rings is 1. The van der Waals surface area contributed by atoms with Gasteiger partial charge in [0.15, 0.2) is 0 Å². The highest BCUT2D eigenvalue weighted by Gasteiger charge is 2.31. The van der Waals surface area contributed by atoms with Gasteiger partial charge in [0.2, 0.25) is 0 Å². The van der Waals surface area contributed by atoms with Crippen molar-refractivity contribution >= 4 is 17.5 Å². The van der Waals surface area contributed by atoms with E-state index in [2.05, 4.69) is 0 Å². The van der Waals surface area contributed by atoms with Crippen LogP contribution in [0.15, 0.2) is 18.2 Å². The van der Waals surface area contributed by atoms with Crippen LogP contribution in [0.3, 0.4) is 0 Å². The molecule has 1 aliphatic rings. The van der Waals surface area contributed by atoms with Gasteiger partial charge in [-0.25, -0.2) is 4.39 Å². The molecule has 2 rings (SSSR count). The highest BCUT2D eigenvalue weighted by Crippen LogP contribution is 2.25. The fourth-order valence-electron chi connectivity index (χ4n) is 2.66. The van der Waals surface area contributed by atoms with Gasteiger partial charge in [-0.1, -0.05) is 11.6 Å². The SMILES string of the molecule is CC1CCCC(CN)N1C(=O)c1ccc(Cl)c(F)c1. The van der Waals surface area contributed by atoms with E-state index < -0.39 is 5.82 Å². The van der Waals surface area contributed by atoms with Crippen LogP contribution in [0.5, 0.6) is 0 Å². The highest BCUT2D eigenvalue weighted by atomic mass is 35.5. The Kier molecular flexibility index (Phi) is 4.42. The van der Waals surface area contributed by atoms with Crippen molar-refractivity contribution in [2.45, 2.75) is 38.3 Å². The summed E-state index contributed by atoms with van der Waals surface area (Å²) >= 11 is 5.64. The molecule has 1 fully saturated rings. The minimum Gasteiger partial charge on any atom is -0.332 e. The summed E-state index contributed by atoms with van der Waals surface area (Å²) in [6, 6.07) is 4.34. The Hall–Kier alpha value is -1.13. The lowest BCUT2D eigenvalue weighted by Crippen LogP contribution is -2.51. The number of amides is 1. The van der Waals surface area contributed by atoms with Gasteiger partial charge < -0.3 is 10.6 Å². The second kappa shape index (κ2) is 5.88. The minimum absolute atomic E-state index is 0.0265. The molecule has 2 unspecified atom stereocenters. The van der Waals surface area contributed by atoms with E-state index in [1.165, 1.54) is 12.1 Å². The summed E-state index contributed by atoms with van der Waals surface area (Å²) in [5.41, 5.74) is 6.06. The third kappa shape index (κ3) is 2.90. The van der Waals surface area contributed by atoms with Crippen LogP contribution in [0.2, 0.25) is 5.02 Å². The Labute approximate surface area is 117 Å². The minimum atomic E-state index is -0.568. The van der Waals surface area contributed by atoms with E-state index in [9.17, 15) is 9.18 Å². The molecule has 1 amide bonds. The molecule has 1 aromatic carbocycles. The molecule has 0 bridgehead atoms. The topological polar surface area (TPSA) is 46.3 Å². The molecule has 5 heteroatoms. The molecule has 2 N–H and O–H groups in total. The molecule has 1 aromatic rings. The number of piperidine rings is 1. The van der Waals surface area contributed by atoms with Gasteiger partial charge >= 0.3 is 0 Å². The van der Waals surface area contributed by atoms with Crippen molar-refractivity contribution < 1.29 is 9.18 Å². The summed E-state index contributed by atoms with van der Waals surface area (Å²) in [7, 11) is 0. The second-order valence-corrected chi connectivity index (χ2v) is 5.42. The number of carbonyl (C=O) groups is 1. The van der Waals surface area contributed by atoms with Gasteiger partial charge in [-0.2, -0.15) is 0 Å². The second-order valence-electron chi connectivity index (χ2n) is 5.01. The van der Waals surface area contributed by atoms with Gasteiger partial charge in [-0.15, -0.1) is 0 Å². The van der Waals surface area contributed by atoms with Gasteiger partial charge in [-0.3, -0.25) is 4.79 Å². The molecular weight excluding hydrogens is 267 g/mol. The molecule has 0 aliphatic carbocycles. The Morgan fingerprint density at radius 2 is 2.26 bits per heavy atom. The number of likely N-dealkylation sites (tertiary alicyclic amines) is 1. The number of nitrogens with two attached hydrogens (primary N) is 1. The molecule has 1 saturated heterocycles. The van der Waals surface area contributed by atoms with Crippen LogP contribution >= 0.6 is 11.6 Å². The fourth-order valence-corrected chi connectivity index (χ4v) is 2.78. The maximum Gasteiger partial charge on any atom is 0.254 e. The average molecular weight is 285 g/mol. The van der Waals surface area contributed by atoms with E-state index in [4.69, 9.17) is 17.3 Å². The summed E-state index contributed by atoms with van der Waals surface area (Å²) in [4.78, 5) is 14.3. The van der Waals surface area contributed by atoms with Crippen molar-refractivity contribution in [1.29, 1.82) is 0 Å². The van der Waals surface area contributed by atoms with Gasteiger partial charge in [0.1, 0.15) is 5.82 Å². The number of hydrogen-bond acceptors (Lipinski definition) is 2. The first kappa shape index (κ1) is 14.3. The molecule has 0 radical (unpaired) electrons. The van der Waals surface area contributed by atoms with E-state index in [0.29, 0.717) is 12.1 Å². The summed E-state index contributed by atoms with van der Waals surface area (Å²) < 4.78 is 13.5. The predicted octanol–water partition coefficient (Wildman–Crippen LogP) is 2.82. The Balaban J connectivity index is 2.27. The number of hydrogen-bond donors (Lipinski definition) is 1. The number of carbonyl (C=O) groups excluding carboxylic acids is 1. The van der Waals surface area contributed by atoms with Crippen LogP contribution in [-0.4, -0.2) is 29.4 Å². The maximum absolute atomic E-state index is 13.5. The van der Waals surface area contributed by atoms with E-state index in [1.807, 2.05) is 6.92 Å². The summed E-state index contributed by atoms with van der Waals surface area (Å²) in [5.74, 6) is -0.736. The Morgan fingerprint density at radius 3 is 2.89 bits per heavy atom. The average Bonchev–Trinajstić information content (AvgIpc) is 2.40. The van der Waals surface area contributed by atoms with Gasteiger partial charge in [0.05, 0.1) is 5.02 Å². The molecule has 0 saturated carbocycles. The van der Waals surface area contributed by atoms with Crippen LogP contribution in [0.4, 0.5) is 4.39 Å². The third-order valence-electron chi connectivity index (χ3n) is 3.70. The van der Waals surface area contributed by atoms with Gasteiger partial charge in [-0.05, 0) is 44.4 Å². The normalized spacial score (nSPS) is 23.5. The molecule has 104 valence electrons. The lowest BCUT2D eigenvalue weighted by Gasteiger charge is -2.40. The van der Waals surface area contributed by atoms with Crippen LogP contribution < -0.4 is 5.73 Å². The molecular formula is C14H18ClFN2O. The van der Waals surface area contributed by atoms with E-state index in [0.717, 1.165) is 19.3 Å². The molecule has 1 heterocycles. The van der Waals surface area contributed by atoms with Crippen molar-refractivity contribution in [2.75, 3.05) is 6.54 Å². The molecule has 1 aliphatic heterocycles. The van der Waals surface area contributed by atoms with Crippen LogP contribution in [0.25, 0.3) is 0 Å². The quantitative estimate of drug-likeness (QED) is 0.908. The van der Waals surface area contributed by atoms with Crippen molar-refractivity contribution in [3.8, 4) is 0 Å². The van der Waals surface area contributed by atoms with E-state index in [1.54, 1.807) is 11.0 Å². The summed E-state index contributed by atoms with van der Waals surface area (Å²) in [6.07, 6.45) is 2.93. The largest absolute Gasteiger partial charge is 0.332 e. The zero-order valence-electron chi connectivity index (χ0n) is 10.9. The number of halogens is 2. The molecule has 3 nitrogen and oxygen atoms in total. The monoisotopic (exact) mass is 284 g/mol. The maximum atomic E-state index is 13.5. The lowest BCUT2D eigenvalue weighted by atomic mass is 9.95. The van der Waals surface area contributed by atoms with Crippen molar-refractivity contribution in [3.63, 3.8) is 0 Å². The van der Waals surface area contributed by atoms with Crippen LogP contribution in [0, 0.1) is 5.82 Å². The number of rotatable bonds is 2. The molecule has 2 atom stereocenters. The van der Waals surface area contributed by atoms with Gasteiger partial charge in [0.25, 0.3) is 5.91 Å². The zero-order chi connectivity index (χ0) is 14.0. The highest BCUT2D eigenvalue weighted by molar-refractivity contribution is 6.30. The predicted molar refractivity (Wildman–Crippen MR) is 73.7 cm³/mol. The fraction of sp³-hybridized carbons (Fsp3) is 0.500. The molecule has 0 spiro atoms. The first-order chi connectivity index (χ1) is 9.04. The smallest absolute Gasteiger partial charge is 0.254 e. The van der Waals surface area contributed by atoms with Crippen molar-refractivity contribution in [1.82, 2.24) is 4.90 Å². The Bertz CT molecular complexity index is 481. The Morgan fingerprint density at radius 1 is 1.53 bits per heavy atom. The number of nitrogens with zero attached hydrogens (tertiary/aromatic N) is 1.